The lowest BCUT2D eigenvalue weighted by Gasteiger charge is -2.12. The van der Waals surface area contributed by atoms with E-state index < -0.39 is 11.6 Å². The van der Waals surface area contributed by atoms with Gasteiger partial charge in [0, 0.05) is 23.7 Å². The van der Waals surface area contributed by atoms with E-state index in [1.165, 1.54) is 24.3 Å². The van der Waals surface area contributed by atoms with Crippen LogP contribution in [0.4, 0.5) is 8.78 Å². The average Bonchev–Trinajstić information content (AvgIpc) is 2.73. The first-order chi connectivity index (χ1) is 11.3. The Hall–Kier alpha value is -1.62. The van der Waals surface area contributed by atoms with Crippen LogP contribution < -0.4 is 0 Å². The standard InChI is InChI=1S/C17H11Cl3F2N2/c1-8-15(11-4-3-9(21)5-12(11)18)17(24(2)23-8)16-13(19)6-10(22)7-14(16)20/h3-7H,1-2H3. The molecule has 1 aromatic heterocycles. The van der Waals surface area contributed by atoms with Gasteiger partial charge in [0.25, 0.3) is 0 Å². The number of aromatic nitrogens is 2. The minimum atomic E-state index is -0.533. The molecule has 0 N–H and O–H groups in total. The molecule has 0 spiro atoms. The summed E-state index contributed by atoms with van der Waals surface area (Å²) in [4.78, 5) is 0. The Bertz CT molecular complexity index is 928. The summed E-state index contributed by atoms with van der Waals surface area (Å²) in [5.41, 5.74) is 2.94. The van der Waals surface area contributed by atoms with Gasteiger partial charge in [-0.2, -0.15) is 5.10 Å². The van der Waals surface area contributed by atoms with Crippen molar-refractivity contribution in [2.24, 2.45) is 7.05 Å². The summed E-state index contributed by atoms with van der Waals surface area (Å²) in [5.74, 6) is -0.973. The summed E-state index contributed by atoms with van der Waals surface area (Å²) in [7, 11) is 1.72. The van der Waals surface area contributed by atoms with Gasteiger partial charge in [-0.1, -0.05) is 34.8 Å². The van der Waals surface area contributed by atoms with Gasteiger partial charge < -0.3 is 0 Å². The summed E-state index contributed by atoms with van der Waals surface area (Å²) in [6.07, 6.45) is 0. The van der Waals surface area contributed by atoms with Crippen LogP contribution in [0.3, 0.4) is 0 Å². The summed E-state index contributed by atoms with van der Waals surface area (Å²) in [6, 6.07) is 6.46. The molecule has 0 aliphatic rings. The van der Waals surface area contributed by atoms with Crippen LogP contribution >= 0.6 is 34.8 Å². The van der Waals surface area contributed by atoms with Crippen molar-refractivity contribution in [1.29, 1.82) is 0 Å². The lowest BCUT2D eigenvalue weighted by molar-refractivity contribution is 0.627. The van der Waals surface area contributed by atoms with E-state index in [0.717, 1.165) is 0 Å². The first-order valence-corrected chi connectivity index (χ1v) is 8.07. The number of aryl methyl sites for hydroxylation is 2. The van der Waals surface area contributed by atoms with Crippen LogP contribution in [-0.4, -0.2) is 9.78 Å². The molecule has 0 aliphatic heterocycles. The predicted octanol–water partition coefficient (Wildman–Crippen LogP) is 6.30. The van der Waals surface area contributed by atoms with Crippen molar-refractivity contribution in [3.63, 3.8) is 0 Å². The summed E-state index contributed by atoms with van der Waals surface area (Å²) in [5, 5.41) is 4.93. The average molecular weight is 388 g/mol. The first-order valence-electron chi connectivity index (χ1n) is 6.93. The maximum Gasteiger partial charge on any atom is 0.126 e. The normalized spacial score (nSPS) is 11.1. The summed E-state index contributed by atoms with van der Waals surface area (Å²) in [6.45, 7) is 1.80. The van der Waals surface area contributed by atoms with Crippen LogP contribution in [0.2, 0.25) is 15.1 Å². The van der Waals surface area contributed by atoms with Gasteiger partial charge in [-0.15, -0.1) is 0 Å². The Morgan fingerprint density at radius 1 is 0.875 bits per heavy atom. The third kappa shape index (κ3) is 2.90. The number of hydrogen-bond acceptors (Lipinski definition) is 1. The minimum Gasteiger partial charge on any atom is -0.267 e. The second-order valence-electron chi connectivity index (χ2n) is 5.30. The Morgan fingerprint density at radius 3 is 2.04 bits per heavy atom. The summed E-state index contributed by atoms with van der Waals surface area (Å²) < 4.78 is 28.5. The molecule has 2 nitrogen and oxygen atoms in total. The van der Waals surface area contributed by atoms with Crippen molar-refractivity contribution in [2.45, 2.75) is 6.92 Å². The molecule has 1 heterocycles. The van der Waals surface area contributed by atoms with Gasteiger partial charge in [-0.05, 0) is 37.3 Å². The number of hydrogen-bond donors (Lipinski definition) is 0. The quantitative estimate of drug-likeness (QED) is 0.504. The topological polar surface area (TPSA) is 17.8 Å². The molecule has 7 heteroatoms. The second-order valence-corrected chi connectivity index (χ2v) is 6.52. The first kappa shape index (κ1) is 17.2. The van der Waals surface area contributed by atoms with Crippen molar-refractivity contribution >= 4 is 34.8 Å². The number of rotatable bonds is 2. The van der Waals surface area contributed by atoms with E-state index in [4.69, 9.17) is 34.8 Å². The van der Waals surface area contributed by atoms with E-state index in [2.05, 4.69) is 5.10 Å². The van der Waals surface area contributed by atoms with Crippen molar-refractivity contribution in [3.8, 4) is 22.4 Å². The van der Waals surface area contributed by atoms with E-state index in [-0.39, 0.29) is 15.1 Å². The van der Waals surface area contributed by atoms with E-state index >= 15 is 0 Å². The van der Waals surface area contributed by atoms with Crippen molar-refractivity contribution in [2.75, 3.05) is 0 Å². The van der Waals surface area contributed by atoms with Gasteiger partial charge in [0.05, 0.1) is 26.5 Å². The highest BCUT2D eigenvalue weighted by Crippen LogP contribution is 2.43. The molecule has 3 aromatic rings. The third-order valence-electron chi connectivity index (χ3n) is 3.67. The Kier molecular flexibility index (Phi) is 4.56. The Balaban J connectivity index is 2.36. The van der Waals surface area contributed by atoms with Crippen LogP contribution in [-0.2, 0) is 7.05 Å². The molecule has 24 heavy (non-hydrogen) atoms. The van der Waals surface area contributed by atoms with Crippen molar-refractivity contribution in [3.05, 3.63) is 62.7 Å². The fraction of sp³-hybridized carbons (Fsp3) is 0.118. The van der Waals surface area contributed by atoms with Gasteiger partial charge in [-0.3, -0.25) is 4.68 Å². The van der Waals surface area contributed by atoms with E-state index in [9.17, 15) is 8.78 Å². The van der Waals surface area contributed by atoms with Crippen LogP contribution in [0.5, 0.6) is 0 Å². The van der Waals surface area contributed by atoms with E-state index in [1.807, 2.05) is 0 Å². The van der Waals surface area contributed by atoms with Crippen LogP contribution in [0.15, 0.2) is 30.3 Å². The van der Waals surface area contributed by atoms with Gasteiger partial charge in [0.15, 0.2) is 0 Å². The molecule has 2 aromatic carbocycles. The lowest BCUT2D eigenvalue weighted by atomic mass is 9.98. The number of nitrogens with zero attached hydrogens (tertiary/aromatic N) is 2. The predicted molar refractivity (Wildman–Crippen MR) is 93.8 cm³/mol. The maximum absolute atomic E-state index is 13.5. The smallest absolute Gasteiger partial charge is 0.126 e. The van der Waals surface area contributed by atoms with Crippen molar-refractivity contribution < 1.29 is 8.78 Å². The fourth-order valence-electron chi connectivity index (χ4n) is 2.73. The molecule has 0 aliphatic carbocycles. The monoisotopic (exact) mass is 386 g/mol. The maximum atomic E-state index is 13.5. The van der Waals surface area contributed by atoms with Crippen LogP contribution in [0, 0.1) is 18.6 Å². The Morgan fingerprint density at radius 2 is 1.46 bits per heavy atom. The summed E-state index contributed by atoms with van der Waals surface area (Å²) >= 11 is 18.6. The lowest BCUT2D eigenvalue weighted by Crippen LogP contribution is -1.97. The zero-order valence-corrected chi connectivity index (χ0v) is 14.9. The molecule has 0 saturated carbocycles. The van der Waals surface area contributed by atoms with Crippen molar-refractivity contribution in [1.82, 2.24) is 9.78 Å². The highest BCUT2D eigenvalue weighted by atomic mass is 35.5. The van der Waals surface area contributed by atoms with Gasteiger partial charge in [-0.25, -0.2) is 8.78 Å². The second kappa shape index (κ2) is 6.36. The molecule has 0 radical (unpaired) electrons. The number of benzene rings is 2. The minimum absolute atomic E-state index is 0.155. The molecule has 124 valence electrons. The highest BCUT2D eigenvalue weighted by molar-refractivity contribution is 6.39. The largest absolute Gasteiger partial charge is 0.267 e. The molecule has 3 rings (SSSR count). The molecule has 0 atom stereocenters. The Labute approximate surface area is 152 Å². The molecule has 0 amide bonds. The van der Waals surface area contributed by atoms with Gasteiger partial charge >= 0.3 is 0 Å². The van der Waals surface area contributed by atoms with E-state index in [1.54, 1.807) is 24.7 Å². The third-order valence-corrected chi connectivity index (χ3v) is 4.58. The molecular weight excluding hydrogens is 377 g/mol. The number of halogens is 5. The van der Waals surface area contributed by atoms with E-state index in [0.29, 0.717) is 28.1 Å². The SMILES string of the molecule is Cc1nn(C)c(-c2c(Cl)cc(F)cc2Cl)c1-c1ccc(F)cc1Cl. The van der Waals surface area contributed by atoms with Crippen LogP contribution in [0.25, 0.3) is 22.4 Å². The molecule has 0 saturated heterocycles. The molecule has 0 unspecified atom stereocenters. The van der Waals surface area contributed by atoms with Gasteiger partial charge in [0.2, 0.25) is 0 Å². The zero-order valence-electron chi connectivity index (χ0n) is 12.7. The highest BCUT2D eigenvalue weighted by Gasteiger charge is 2.23. The molecule has 0 fully saturated rings. The zero-order chi connectivity index (χ0) is 17.6. The fourth-order valence-corrected chi connectivity index (χ4v) is 3.63. The van der Waals surface area contributed by atoms with Crippen LogP contribution in [0.1, 0.15) is 5.69 Å². The van der Waals surface area contributed by atoms with Gasteiger partial charge in [0.1, 0.15) is 11.6 Å². The molecule has 0 bridgehead atoms. The molecular formula is C17H11Cl3F2N2.